The van der Waals surface area contributed by atoms with Gasteiger partial charge in [-0.15, -0.1) is 22.7 Å². The second kappa shape index (κ2) is 26.5. The number of hydrogen-bond donors (Lipinski definition) is 0. The van der Waals surface area contributed by atoms with E-state index >= 15 is 0 Å². The monoisotopic (exact) mass is 1490 g/mol. The maximum absolute atomic E-state index is 6.59. The van der Waals surface area contributed by atoms with E-state index < -0.39 is 0 Å². The third-order valence-electron chi connectivity index (χ3n) is 22.7. The van der Waals surface area contributed by atoms with Crippen LogP contribution in [0, 0.1) is 0 Å². The van der Waals surface area contributed by atoms with Gasteiger partial charge in [0.25, 0.3) is 0 Å². The van der Waals surface area contributed by atoms with E-state index in [0.29, 0.717) is 11.2 Å². The highest BCUT2D eigenvalue weighted by Crippen LogP contribution is 2.46. The first-order valence-corrected chi connectivity index (χ1v) is 39.9. The fourth-order valence-electron chi connectivity index (χ4n) is 17.3. The Morgan fingerprint density at radius 1 is 0.219 bits per heavy atom. The van der Waals surface area contributed by atoms with Crippen LogP contribution in [-0.2, 0) is 0 Å². The van der Waals surface area contributed by atoms with Crippen LogP contribution in [0.1, 0.15) is 0 Å². The first-order valence-electron chi connectivity index (χ1n) is 38.3. The van der Waals surface area contributed by atoms with Crippen LogP contribution in [-0.4, -0.2) is 29.1 Å². The SMILES string of the molecule is c1cc(-c2cccc(-c3cccc4c3sc3ccccc34)c2)cc(-c2ccc3oc4c(-c5cccc(-c6cccc(-c7cccc8c7sc7ccccc78)c6)c5)ncnc4c3c2)c1.c1ccc2c(c1)c1ccccc1n2-c1ccc(-c2ccc3oc4c(-c5ccc(-n6c7ccccc7c7ccccc76)cc5)ncnc4c3c2)cc1. The zero-order valence-corrected chi connectivity index (χ0v) is 62.7. The number of rotatable bonds is 10. The molecule has 8 aromatic heterocycles. The molecular formula is C104H62N6O2S2. The normalized spacial score (nSPS) is 11.9. The molecule has 0 aliphatic rings. The van der Waals surface area contributed by atoms with Crippen LogP contribution in [0.4, 0.5) is 0 Å². The molecule has 8 heterocycles. The van der Waals surface area contributed by atoms with Crippen LogP contribution in [0.5, 0.6) is 0 Å². The van der Waals surface area contributed by atoms with Crippen molar-refractivity contribution in [2.45, 2.75) is 0 Å². The summed E-state index contributed by atoms with van der Waals surface area (Å²) < 4.78 is 23.0. The quantitative estimate of drug-likeness (QED) is 0.136. The molecule has 0 saturated heterocycles. The summed E-state index contributed by atoms with van der Waals surface area (Å²) in [5, 5.41) is 12.2. The average Bonchev–Trinajstić information content (AvgIpc) is 1.60. The summed E-state index contributed by atoms with van der Waals surface area (Å²) in [5.41, 5.74) is 29.1. The van der Waals surface area contributed by atoms with Gasteiger partial charge in [-0.05, 0) is 176 Å². The van der Waals surface area contributed by atoms with Gasteiger partial charge in [0.1, 0.15) is 46.2 Å². The Hall–Kier alpha value is -14.7. The van der Waals surface area contributed by atoms with E-state index in [1.54, 1.807) is 12.7 Å². The Morgan fingerprint density at radius 3 is 0.974 bits per heavy atom. The van der Waals surface area contributed by atoms with E-state index in [1.807, 2.05) is 28.7 Å². The second-order valence-corrected chi connectivity index (χ2v) is 31.2. The molecule has 0 bridgehead atoms. The van der Waals surface area contributed by atoms with E-state index in [9.17, 15) is 0 Å². The highest BCUT2D eigenvalue weighted by atomic mass is 32.1. The van der Waals surface area contributed by atoms with Crippen molar-refractivity contribution >= 4 is 151 Å². The molecule has 0 fully saturated rings. The van der Waals surface area contributed by atoms with Crippen molar-refractivity contribution in [3.63, 3.8) is 0 Å². The summed E-state index contributed by atoms with van der Waals surface area (Å²) in [6.45, 7) is 0. The zero-order chi connectivity index (χ0) is 74.9. The lowest BCUT2D eigenvalue weighted by atomic mass is 9.95. The number of hydrogen-bond acceptors (Lipinski definition) is 8. The summed E-state index contributed by atoms with van der Waals surface area (Å²) >= 11 is 3.73. The predicted octanol–water partition coefficient (Wildman–Crippen LogP) is 29.0. The van der Waals surface area contributed by atoms with Crippen molar-refractivity contribution in [1.82, 2.24) is 29.1 Å². The Morgan fingerprint density at radius 2 is 0.535 bits per heavy atom. The maximum Gasteiger partial charge on any atom is 0.180 e. The van der Waals surface area contributed by atoms with Gasteiger partial charge < -0.3 is 18.0 Å². The number of aromatic nitrogens is 6. The average molecular weight is 1490 g/mol. The molecule has 0 saturated carbocycles. The molecule has 532 valence electrons. The predicted molar refractivity (Wildman–Crippen MR) is 477 cm³/mol. The highest BCUT2D eigenvalue weighted by Gasteiger charge is 2.22. The fourth-order valence-corrected chi connectivity index (χ4v) is 19.8. The van der Waals surface area contributed by atoms with Gasteiger partial charge in [-0.25, -0.2) is 19.9 Å². The largest absolute Gasteiger partial charge is 0.452 e. The molecule has 0 unspecified atom stereocenters. The molecule has 0 aliphatic heterocycles. The van der Waals surface area contributed by atoms with Crippen LogP contribution in [0.2, 0.25) is 0 Å². The van der Waals surface area contributed by atoms with Crippen molar-refractivity contribution in [1.29, 1.82) is 0 Å². The fraction of sp³-hybridized carbons (Fsp3) is 0. The minimum atomic E-state index is 0.686. The van der Waals surface area contributed by atoms with E-state index in [1.165, 1.54) is 117 Å². The summed E-state index contributed by atoms with van der Waals surface area (Å²) in [5.74, 6) is 0. The number of fused-ring (bicyclic) bond motifs is 18. The lowest BCUT2D eigenvalue weighted by Gasteiger charge is -2.09. The van der Waals surface area contributed by atoms with Crippen molar-refractivity contribution < 1.29 is 8.83 Å². The van der Waals surface area contributed by atoms with Gasteiger partial charge in [-0.1, -0.05) is 255 Å². The van der Waals surface area contributed by atoms with E-state index in [0.717, 1.165) is 100 Å². The molecule has 114 heavy (non-hydrogen) atoms. The molecule has 24 rings (SSSR count). The number of nitrogens with zero attached hydrogens (tertiary/aromatic N) is 6. The van der Waals surface area contributed by atoms with Gasteiger partial charge >= 0.3 is 0 Å². The zero-order valence-electron chi connectivity index (χ0n) is 61.1. The third-order valence-corrected chi connectivity index (χ3v) is 25.1. The van der Waals surface area contributed by atoms with Crippen LogP contribution in [0.3, 0.4) is 0 Å². The van der Waals surface area contributed by atoms with Gasteiger partial charge in [-0.2, -0.15) is 0 Å². The number of thiophene rings is 2. The van der Waals surface area contributed by atoms with E-state index in [-0.39, 0.29) is 0 Å². The number of para-hydroxylation sites is 4. The molecule has 8 nitrogen and oxygen atoms in total. The molecule has 0 aliphatic carbocycles. The van der Waals surface area contributed by atoms with Crippen LogP contribution < -0.4 is 0 Å². The van der Waals surface area contributed by atoms with Crippen molar-refractivity contribution in [2.75, 3.05) is 0 Å². The first-order chi connectivity index (χ1) is 56.5. The van der Waals surface area contributed by atoms with Crippen molar-refractivity contribution in [3.05, 3.63) is 377 Å². The molecule has 10 heteroatoms. The van der Waals surface area contributed by atoms with E-state index in [2.05, 4.69) is 367 Å². The lowest BCUT2D eigenvalue weighted by molar-refractivity contribution is 0.667. The van der Waals surface area contributed by atoms with Gasteiger partial charge in [0.05, 0.1) is 22.1 Å². The molecule has 0 N–H and O–H groups in total. The summed E-state index contributed by atoms with van der Waals surface area (Å²) in [6.07, 6.45) is 3.30. The van der Waals surface area contributed by atoms with Gasteiger partial charge in [0.15, 0.2) is 11.2 Å². The summed E-state index contributed by atoms with van der Waals surface area (Å²) in [4.78, 5) is 19.0. The van der Waals surface area contributed by atoms with Gasteiger partial charge in [0.2, 0.25) is 0 Å². The molecule has 24 aromatic rings. The first kappa shape index (κ1) is 65.2. The third kappa shape index (κ3) is 10.8. The van der Waals surface area contributed by atoms with Gasteiger partial charge in [-0.3, -0.25) is 0 Å². The molecule has 0 spiro atoms. The standard InChI is InChI=1S/C58H34N2OS2.C46H28N4O/c1-3-25-52-46(19-1)48-23-9-21-44(57(48)62-52)41-16-6-13-37(30-41)35-11-5-12-36(29-35)40-27-28-51-50(33-40)55-56(61-51)54(59-34-60-55)43-18-8-15-39(32-43)38-14-7-17-42(31-38)45-22-10-24-49-47-20-2-4-26-53(47)63-58(45)49;1-5-13-39-34(9-1)35-10-2-6-14-40(35)49(39)32-22-17-29(18-23-32)31-21-26-43-38(27-31)45-46(51-43)44(47-28-48-45)30-19-24-33(25-20-30)50-41-15-7-3-11-36(41)37-12-4-8-16-42(37)50/h1-34H;1-28H. The molecule has 0 radical (unpaired) electrons. The smallest absolute Gasteiger partial charge is 0.180 e. The Balaban J connectivity index is 0.000000138. The molecular weight excluding hydrogens is 1430 g/mol. The topological polar surface area (TPSA) is 87.7 Å². The number of benzene rings is 16. The Labute approximate surface area is 661 Å². The van der Waals surface area contributed by atoms with Crippen molar-refractivity contribution in [2.24, 2.45) is 0 Å². The van der Waals surface area contributed by atoms with Crippen LogP contribution >= 0.6 is 22.7 Å². The summed E-state index contributed by atoms with van der Waals surface area (Å²) in [6, 6.07) is 130. The molecule has 0 amide bonds. The molecule has 0 atom stereocenters. The lowest BCUT2D eigenvalue weighted by Crippen LogP contribution is -1.94. The van der Waals surface area contributed by atoms with Gasteiger partial charge in [0, 0.05) is 95.2 Å². The second-order valence-electron chi connectivity index (χ2n) is 29.1. The van der Waals surface area contributed by atoms with Crippen LogP contribution in [0.15, 0.2) is 385 Å². The van der Waals surface area contributed by atoms with Crippen LogP contribution in [0.25, 0.3) is 229 Å². The van der Waals surface area contributed by atoms with E-state index in [4.69, 9.17) is 28.8 Å². The van der Waals surface area contributed by atoms with Crippen molar-refractivity contribution in [3.8, 4) is 101 Å². The highest BCUT2D eigenvalue weighted by molar-refractivity contribution is 7.26. The Bertz CT molecular complexity index is 7910. The molecule has 16 aromatic carbocycles. The maximum atomic E-state index is 6.59. The minimum absolute atomic E-state index is 0.686. The number of furan rings is 2. The Kier molecular flexibility index (Phi) is 15.2. The summed E-state index contributed by atoms with van der Waals surface area (Å²) in [7, 11) is 0. The minimum Gasteiger partial charge on any atom is -0.452 e.